The highest BCUT2D eigenvalue weighted by molar-refractivity contribution is 14.1. The predicted octanol–water partition coefficient (Wildman–Crippen LogP) is 1.83. The Morgan fingerprint density at radius 3 is 2.45 bits per heavy atom. The zero-order chi connectivity index (χ0) is 8.10. The molecule has 0 amide bonds. The van der Waals surface area contributed by atoms with Crippen LogP contribution < -0.4 is 9.26 Å². The maximum Gasteiger partial charge on any atom is 0.0169 e. The minimum Gasteiger partial charge on any atom is -0.328 e. The Kier molecular flexibility index (Phi) is 4.71. The summed E-state index contributed by atoms with van der Waals surface area (Å²) in [5, 5.41) is 0. The molecule has 1 rings (SSSR count). The van der Waals surface area contributed by atoms with Crippen molar-refractivity contribution < 1.29 is 0 Å². The molecule has 3 heteroatoms. The van der Waals surface area contributed by atoms with Crippen molar-refractivity contribution in [3.05, 3.63) is 0 Å². The van der Waals surface area contributed by atoms with Gasteiger partial charge < -0.3 is 5.73 Å². The van der Waals surface area contributed by atoms with Crippen molar-refractivity contribution in [3.63, 3.8) is 0 Å². The van der Waals surface area contributed by atoms with E-state index in [1.54, 1.807) is 0 Å². The number of rotatable bonds is 3. The van der Waals surface area contributed by atoms with E-state index < -0.39 is 0 Å². The minimum absolute atomic E-state index is 0.499. The molecule has 1 fully saturated rings. The Hall–Kier alpha value is 0.650. The van der Waals surface area contributed by atoms with Crippen molar-refractivity contribution in [3.8, 4) is 0 Å². The van der Waals surface area contributed by atoms with Crippen LogP contribution in [0.4, 0.5) is 0 Å². The minimum atomic E-state index is 0.499. The highest BCUT2D eigenvalue weighted by atomic mass is 127. The van der Waals surface area contributed by atoms with Gasteiger partial charge in [-0.15, -0.1) is 0 Å². The molecule has 2 nitrogen and oxygen atoms in total. The van der Waals surface area contributed by atoms with E-state index in [1.807, 2.05) is 0 Å². The van der Waals surface area contributed by atoms with Crippen LogP contribution in [0.3, 0.4) is 0 Å². The van der Waals surface area contributed by atoms with Crippen LogP contribution in [-0.2, 0) is 0 Å². The van der Waals surface area contributed by atoms with Gasteiger partial charge in [-0.2, -0.15) is 0 Å². The van der Waals surface area contributed by atoms with Crippen LogP contribution in [0.5, 0.6) is 0 Å². The number of halogens is 1. The zero-order valence-electron chi connectivity index (χ0n) is 6.85. The highest BCUT2D eigenvalue weighted by Gasteiger charge is 2.17. The summed E-state index contributed by atoms with van der Waals surface area (Å²) in [5.41, 5.74) is 5.81. The second-order valence-corrected chi connectivity index (χ2v) is 4.22. The fraction of sp³-hybridized carbons (Fsp3) is 1.00. The zero-order valence-corrected chi connectivity index (χ0v) is 9.01. The van der Waals surface area contributed by atoms with Gasteiger partial charge in [0.2, 0.25) is 0 Å². The maximum absolute atomic E-state index is 5.81. The first-order valence-electron chi connectivity index (χ1n) is 4.42. The summed E-state index contributed by atoms with van der Waals surface area (Å²) >= 11 is 2.21. The van der Waals surface area contributed by atoms with E-state index in [1.165, 1.54) is 32.1 Å². The average molecular weight is 268 g/mol. The normalized spacial score (nSPS) is 32.2. The smallest absolute Gasteiger partial charge is 0.0169 e. The van der Waals surface area contributed by atoms with Gasteiger partial charge in [0.25, 0.3) is 0 Å². The van der Waals surface area contributed by atoms with Crippen LogP contribution in [0, 0.1) is 5.92 Å². The Labute approximate surface area is 82.8 Å². The lowest BCUT2D eigenvalue weighted by Crippen LogP contribution is -2.27. The average Bonchev–Trinajstić information content (AvgIpc) is 2.04. The van der Waals surface area contributed by atoms with Gasteiger partial charge in [-0.1, -0.05) is 0 Å². The van der Waals surface area contributed by atoms with Crippen LogP contribution in [0.2, 0.25) is 0 Å². The van der Waals surface area contributed by atoms with Gasteiger partial charge in [0.15, 0.2) is 0 Å². The van der Waals surface area contributed by atoms with Gasteiger partial charge >= 0.3 is 0 Å². The first-order chi connectivity index (χ1) is 5.33. The quantitative estimate of drug-likeness (QED) is 0.605. The molecule has 0 atom stereocenters. The van der Waals surface area contributed by atoms with E-state index in [-0.39, 0.29) is 0 Å². The number of nitrogens with one attached hydrogen (secondary N) is 1. The fourth-order valence-corrected chi connectivity index (χ4v) is 2.05. The van der Waals surface area contributed by atoms with Gasteiger partial charge in [0.1, 0.15) is 0 Å². The van der Waals surface area contributed by atoms with E-state index in [9.17, 15) is 0 Å². The van der Waals surface area contributed by atoms with Crippen molar-refractivity contribution in [2.24, 2.45) is 11.7 Å². The lowest BCUT2D eigenvalue weighted by Gasteiger charge is -2.25. The molecule has 1 aliphatic rings. The molecule has 0 bridgehead atoms. The Balaban J connectivity index is 2.07. The van der Waals surface area contributed by atoms with E-state index >= 15 is 0 Å². The molecular formula is C8H17IN2. The molecule has 11 heavy (non-hydrogen) atoms. The summed E-state index contributed by atoms with van der Waals surface area (Å²) < 4.78 is 3.16. The molecule has 0 aromatic rings. The van der Waals surface area contributed by atoms with E-state index in [0.717, 1.165) is 12.5 Å². The summed E-state index contributed by atoms with van der Waals surface area (Å²) in [6.45, 7) is 1.15. The summed E-state index contributed by atoms with van der Waals surface area (Å²) in [6, 6.07) is 0.499. The van der Waals surface area contributed by atoms with Crippen molar-refractivity contribution >= 4 is 22.9 Å². The van der Waals surface area contributed by atoms with Crippen molar-refractivity contribution in [1.82, 2.24) is 3.53 Å². The molecule has 0 saturated heterocycles. The van der Waals surface area contributed by atoms with Gasteiger partial charge in [0.05, 0.1) is 0 Å². The monoisotopic (exact) mass is 268 g/mol. The standard InChI is InChI=1S/C8H17IN2/c9-11-6-5-7-1-3-8(10)4-2-7/h7-8,11H,1-6,10H2. The van der Waals surface area contributed by atoms with E-state index in [0.29, 0.717) is 6.04 Å². The van der Waals surface area contributed by atoms with E-state index in [2.05, 4.69) is 26.4 Å². The van der Waals surface area contributed by atoms with E-state index in [4.69, 9.17) is 5.73 Å². The van der Waals surface area contributed by atoms with Gasteiger partial charge in [-0.25, -0.2) is 0 Å². The topological polar surface area (TPSA) is 38.0 Å². The van der Waals surface area contributed by atoms with Crippen LogP contribution in [0.25, 0.3) is 0 Å². The summed E-state index contributed by atoms with van der Waals surface area (Å²) in [5.74, 6) is 0.942. The van der Waals surface area contributed by atoms with Crippen LogP contribution in [0.15, 0.2) is 0 Å². The van der Waals surface area contributed by atoms with Crippen LogP contribution in [-0.4, -0.2) is 12.6 Å². The Bertz CT molecular complexity index is 97.5. The van der Waals surface area contributed by atoms with Gasteiger partial charge in [-0.05, 0) is 38.0 Å². The Morgan fingerprint density at radius 2 is 1.91 bits per heavy atom. The second kappa shape index (κ2) is 5.32. The molecule has 0 spiro atoms. The lowest BCUT2D eigenvalue weighted by molar-refractivity contribution is 0.313. The summed E-state index contributed by atoms with van der Waals surface area (Å²) in [6.07, 6.45) is 6.51. The second-order valence-electron chi connectivity index (χ2n) is 3.45. The first kappa shape index (κ1) is 9.74. The van der Waals surface area contributed by atoms with Gasteiger partial charge in [0, 0.05) is 35.5 Å². The summed E-state index contributed by atoms with van der Waals surface area (Å²) in [4.78, 5) is 0. The molecule has 1 saturated carbocycles. The molecule has 0 aliphatic heterocycles. The van der Waals surface area contributed by atoms with Gasteiger partial charge in [-0.3, -0.25) is 3.53 Å². The first-order valence-corrected chi connectivity index (χ1v) is 5.50. The molecule has 66 valence electrons. The SMILES string of the molecule is NC1CCC(CCNI)CC1. The Morgan fingerprint density at radius 1 is 1.27 bits per heavy atom. The summed E-state index contributed by atoms with van der Waals surface area (Å²) in [7, 11) is 0. The molecule has 0 radical (unpaired) electrons. The number of hydrogen-bond acceptors (Lipinski definition) is 2. The molecular weight excluding hydrogens is 251 g/mol. The molecule has 0 unspecified atom stereocenters. The third-order valence-corrected chi connectivity index (χ3v) is 3.08. The van der Waals surface area contributed by atoms with Crippen LogP contribution >= 0.6 is 22.9 Å². The number of nitrogens with two attached hydrogens (primary N) is 1. The molecule has 0 aromatic carbocycles. The lowest BCUT2D eigenvalue weighted by atomic mass is 9.84. The van der Waals surface area contributed by atoms with Crippen LogP contribution in [0.1, 0.15) is 32.1 Å². The molecule has 0 heterocycles. The predicted molar refractivity (Wildman–Crippen MR) is 56.6 cm³/mol. The van der Waals surface area contributed by atoms with Crippen molar-refractivity contribution in [2.45, 2.75) is 38.1 Å². The van der Waals surface area contributed by atoms with Crippen molar-refractivity contribution in [2.75, 3.05) is 6.54 Å². The number of hydrogen-bond donors (Lipinski definition) is 2. The highest BCUT2D eigenvalue weighted by Crippen LogP contribution is 2.25. The van der Waals surface area contributed by atoms with Crippen molar-refractivity contribution in [1.29, 1.82) is 0 Å². The molecule has 0 aromatic heterocycles. The maximum atomic E-state index is 5.81. The molecule has 1 aliphatic carbocycles. The third-order valence-electron chi connectivity index (χ3n) is 2.54. The largest absolute Gasteiger partial charge is 0.328 e. The third kappa shape index (κ3) is 3.71. The fourth-order valence-electron chi connectivity index (χ4n) is 1.74. The molecule has 3 N–H and O–H groups in total.